The van der Waals surface area contributed by atoms with Crippen LogP contribution in [0.1, 0.15) is 65.7 Å². The molecule has 0 aromatic heterocycles. The highest BCUT2D eigenvalue weighted by Gasteiger charge is 2.15. The summed E-state index contributed by atoms with van der Waals surface area (Å²) in [5.74, 6) is 6.50. The van der Waals surface area contributed by atoms with Crippen molar-refractivity contribution in [2.24, 2.45) is 5.41 Å². The molecule has 0 bridgehead atoms. The molecule has 1 aliphatic carbocycles. The van der Waals surface area contributed by atoms with Gasteiger partial charge in [-0.1, -0.05) is 20.8 Å². The summed E-state index contributed by atoms with van der Waals surface area (Å²) in [5, 5.41) is 0. The van der Waals surface area contributed by atoms with Crippen molar-refractivity contribution in [3.8, 4) is 11.8 Å². The second kappa shape index (κ2) is 6.62. The van der Waals surface area contributed by atoms with E-state index < -0.39 is 0 Å². The van der Waals surface area contributed by atoms with E-state index in [-0.39, 0.29) is 5.41 Å². The summed E-state index contributed by atoms with van der Waals surface area (Å²) < 4.78 is 0. The molecule has 0 aromatic rings. The number of hydrogen-bond acceptors (Lipinski definition) is 0. The van der Waals surface area contributed by atoms with Crippen LogP contribution < -0.4 is 0 Å². The minimum Gasteiger partial charge on any atom is -0.126 e. The number of allylic oxidation sites excluding steroid dienone is 1. The molecular formula is C16H24. The third kappa shape index (κ3) is 5.24. The zero-order valence-electron chi connectivity index (χ0n) is 11.0. The van der Waals surface area contributed by atoms with Crippen molar-refractivity contribution in [3.63, 3.8) is 0 Å². The van der Waals surface area contributed by atoms with Crippen molar-refractivity contribution < 1.29 is 0 Å². The molecule has 0 unspecified atom stereocenters. The SMILES string of the molecule is CC(C)(C)C1=C=CCCCC#CCCCC1. The standard InChI is InChI=1S/C16H24/c1-16(2,3)15-13-11-9-7-5-4-6-8-10-12-14-15/h11H,5,7-10,12,14H2,1-3H3. The van der Waals surface area contributed by atoms with E-state index in [4.69, 9.17) is 0 Å². The normalized spacial score (nSPS) is 18.8. The first-order chi connectivity index (χ1) is 7.61. The Morgan fingerprint density at radius 3 is 2.38 bits per heavy atom. The molecule has 16 heavy (non-hydrogen) atoms. The Kier molecular flexibility index (Phi) is 5.44. The topological polar surface area (TPSA) is 0 Å². The Hall–Kier alpha value is -0.920. The van der Waals surface area contributed by atoms with Crippen LogP contribution in [0, 0.1) is 17.3 Å². The fourth-order valence-electron chi connectivity index (χ4n) is 1.84. The number of hydrogen-bond donors (Lipinski definition) is 0. The van der Waals surface area contributed by atoms with Crippen LogP contribution in [0.15, 0.2) is 17.4 Å². The minimum atomic E-state index is 0.270. The summed E-state index contributed by atoms with van der Waals surface area (Å²) in [5.41, 5.74) is 5.26. The maximum absolute atomic E-state index is 3.52. The lowest BCUT2D eigenvalue weighted by molar-refractivity contribution is 0.475. The molecule has 1 rings (SSSR count). The molecule has 0 heterocycles. The van der Waals surface area contributed by atoms with Gasteiger partial charge in [0.2, 0.25) is 0 Å². The third-order valence-corrected chi connectivity index (χ3v) is 2.94. The van der Waals surface area contributed by atoms with Gasteiger partial charge >= 0.3 is 0 Å². The van der Waals surface area contributed by atoms with Crippen molar-refractivity contribution in [1.29, 1.82) is 0 Å². The maximum Gasteiger partial charge on any atom is 0.00918 e. The van der Waals surface area contributed by atoms with Gasteiger partial charge in [-0.15, -0.1) is 17.6 Å². The smallest absolute Gasteiger partial charge is 0.00918 e. The van der Waals surface area contributed by atoms with Crippen molar-refractivity contribution >= 4 is 0 Å². The van der Waals surface area contributed by atoms with Gasteiger partial charge in [-0.2, -0.15) is 0 Å². The van der Waals surface area contributed by atoms with Crippen molar-refractivity contribution in [1.82, 2.24) is 0 Å². The highest BCUT2D eigenvalue weighted by Crippen LogP contribution is 2.28. The first kappa shape index (κ1) is 13.1. The zero-order valence-corrected chi connectivity index (χ0v) is 11.0. The van der Waals surface area contributed by atoms with Crippen LogP contribution in [0.3, 0.4) is 0 Å². The molecule has 0 atom stereocenters. The minimum absolute atomic E-state index is 0.270. The predicted octanol–water partition coefficient (Wildman–Crippen LogP) is 4.86. The van der Waals surface area contributed by atoms with E-state index in [0.717, 1.165) is 19.3 Å². The summed E-state index contributed by atoms with van der Waals surface area (Å²) >= 11 is 0. The van der Waals surface area contributed by atoms with Crippen LogP contribution in [0.2, 0.25) is 0 Å². The number of rotatable bonds is 0. The van der Waals surface area contributed by atoms with Gasteiger partial charge in [0, 0.05) is 12.8 Å². The van der Waals surface area contributed by atoms with Crippen LogP contribution in [0.4, 0.5) is 0 Å². The summed E-state index contributed by atoms with van der Waals surface area (Å²) in [6, 6.07) is 0. The van der Waals surface area contributed by atoms with Crippen LogP contribution >= 0.6 is 0 Å². The second-order valence-corrected chi connectivity index (χ2v) is 5.53. The fourth-order valence-corrected chi connectivity index (χ4v) is 1.84. The van der Waals surface area contributed by atoms with Gasteiger partial charge in [0.25, 0.3) is 0 Å². The molecule has 0 saturated heterocycles. The first-order valence-corrected chi connectivity index (χ1v) is 6.51. The van der Waals surface area contributed by atoms with Gasteiger partial charge in [0.05, 0.1) is 0 Å². The lowest BCUT2D eigenvalue weighted by atomic mass is 9.84. The molecule has 0 nitrogen and oxygen atoms in total. The van der Waals surface area contributed by atoms with Gasteiger partial charge in [0.1, 0.15) is 0 Å². The molecule has 0 saturated carbocycles. The lowest BCUT2D eigenvalue weighted by Crippen LogP contribution is -2.08. The van der Waals surface area contributed by atoms with Gasteiger partial charge in [-0.25, -0.2) is 0 Å². The molecule has 88 valence electrons. The van der Waals surface area contributed by atoms with E-state index in [1.165, 1.54) is 31.3 Å². The van der Waals surface area contributed by atoms with Crippen LogP contribution in [0.5, 0.6) is 0 Å². The Bertz CT molecular complexity index is 321. The molecule has 1 aliphatic rings. The average molecular weight is 216 g/mol. The van der Waals surface area contributed by atoms with E-state index in [1.807, 2.05) is 0 Å². The van der Waals surface area contributed by atoms with Crippen molar-refractivity contribution in [2.75, 3.05) is 0 Å². The van der Waals surface area contributed by atoms with Crippen LogP contribution in [-0.2, 0) is 0 Å². The Morgan fingerprint density at radius 1 is 1.00 bits per heavy atom. The molecular weight excluding hydrogens is 192 g/mol. The quantitative estimate of drug-likeness (QED) is 0.400. The van der Waals surface area contributed by atoms with Gasteiger partial charge < -0.3 is 0 Å². The molecule has 0 aliphatic heterocycles. The first-order valence-electron chi connectivity index (χ1n) is 6.51. The summed E-state index contributed by atoms with van der Waals surface area (Å²) in [6.07, 6.45) is 10.3. The van der Waals surface area contributed by atoms with Crippen LogP contribution in [0.25, 0.3) is 0 Å². The van der Waals surface area contributed by atoms with E-state index in [0.29, 0.717) is 0 Å². The highest BCUT2D eigenvalue weighted by atomic mass is 14.2. The Balaban J connectivity index is 2.70. The third-order valence-electron chi connectivity index (χ3n) is 2.94. The summed E-state index contributed by atoms with van der Waals surface area (Å²) in [6.45, 7) is 6.86. The average Bonchev–Trinajstić information content (AvgIpc) is 2.16. The zero-order chi connectivity index (χ0) is 11.9. The predicted molar refractivity (Wildman–Crippen MR) is 71.1 cm³/mol. The van der Waals surface area contributed by atoms with E-state index >= 15 is 0 Å². The van der Waals surface area contributed by atoms with Gasteiger partial charge in [-0.3, -0.25) is 0 Å². The molecule has 0 fully saturated rings. The largest absolute Gasteiger partial charge is 0.126 e. The van der Waals surface area contributed by atoms with Gasteiger partial charge in [0.15, 0.2) is 0 Å². The molecule has 0 amide bonds. The maximum atomic E-state index is 3.52. The van der Waals surface area contributed by atoms with Crippen LogP contribution in [-0.4, -0.2) is 0 Å². The van der Waals surface area contributed by atoms with E-state index in [2.05, 4.69) is 44.4 Å². The lowest BCUT2D eigenvalue weighted by Gasteiger charge is -2.21. The highest BCUT2D eigenvalue weighted by molar-refractivity contribution is 5.11. The molecule has 0 aromatic carbocycles. The van der Waals surface area contributed by atoms with Gasteiger partial charge in [-0.05, 0) is 49.2 Å². The van der Waals surface area contributed by atoms with Crippen molar-refractivity contribution in [3.05, 3.63) is 17.4 Å². The molecule has 0 heteroatoms. The van der Waals surface area contributed by atoms with Crippen molar-refractivity contribution in [2.45, 2.75) is 65.7 Å². The summed E-state index contributed by atoms with van der Waals surface area (Å²) in [7, 11) is 0. The van der Waals surface area contributed by atoms with E-state index in [9.17, 15) is 0 Å². The Labute approximate surface area is 101 Å². The summed E-state index contributed by atoms with van der Waals surface area (Å²) in [4.78, 5) is 0. The Morgan fingerprint density at radius 2 is 1.69 bits per heavy atom. The molecule has 0 radical (unpaired) electrons. The fraction of sp³-hybridized carbons (Fsp3) is 0.688. The molecule has 0 N–H and O–H groups in total. The monoisotopic (exact) mass is 216 g/mol. The molecule has 0 spiro atoms. The second-order valence-electron chi connectivity index (χ2n) is 5.53. The van der Waals surface area contributed by atoms with E-state index in [1.54, 1.807) is 0 Å².